The Kier molecular flexibility index (Phi) is 4.79. The highest BCUT2D eigenvalue weighted by Gasteiger charge is 2.13. The average molecular weight is 251 g/mol. The number of rotatable bonds is 5. The second-order valence-electron chi connectivity index (χ2n) is 4.27. The molecule has 0 spiro atoms. The minimum absolute atomic E-state index is 0.0671. The number of amides is 1. The smallest absolute Gasteiger partial charge is 0.354 e. The zero-order valence-electron chi connectivity index (χ0n) is 10.8. The van der Waals surface area contributed by atoms with E-state index in [4.69, 9.17) is 5.11 Å². The van der Waals surface area contributed by atoms with Crippen LogP contribution < -0.4 is 0 Å². The van der Waals surface area contributed by atoms with Crippen molar-refractivity contribution in [1.29, 1.82) is 0 Å². The molecule has 1 aromatic heterocycles. The Balaban J connectivity index is 2.69. The summed E-state index contributed by atoms with van der Waals surface area (Å²) < 4.78 is 0. The lowest BCUT2D eigenvalue weighted by molar-refractivity contribution is 0.0688. The van der Waals surface area contributed by atoms with E-state index in [1.807, 2.05) is 19.0 Å². The molecule has 0 aliphatic heterocycles. The van der Waals surface area contributed by atoms with Crippen LogP contribution in [-0.2, 0) is 0 Å². The summed E-state index contributed by atoms with van der Waals surface area (Å²) in [7, 11) is 5.57. The van der Waals surface area contributed by atoms with Crippen LogP contribution in [0.3, 0.4) is 0 Å². The average Bonchev–Trinajstić information content (AvgIpc) is 2.35. The van der Waals surface area contributed by atoms with Crippen molar-refractivity contribution in [3.05, 3.63) is 29.6 Å². The van der Waals surface area contributed by atoms with Gasteiger partial charge in [-0.05, 0) is 26.2 Å². The Hall–Kier alpha value is -1.95. The highest BCUT2D eigenvalue weighted by atomic mass is 16.4. The monoisotopic (exact) mass is 251 g/mol. The molecule has 0 saturated heterocycles. The van der Waals surface area contributed by atoms with Crippen LogP contribution in [0.2, 0.25) is 0 Å². The van der Waals surface area contributed by atoms with Gasteiger partial charge >= 0.3 is 5.97 Å². The van der Waals surface area contributed by atoms with E-state index >= 15 is 0 Å². The van der Waals surface area contributed by atoms with Crippen LogP contribution in [-0.4, -0.2) is 66.0 Å². The van der Waals surface area contributed by atoms with Crippen LogP contribution in [0.25, 0.3) is 0 Å². The molecule has 0 saturated carbocycles. The standard InChI is InChI=1S/C12H17N3O3/c1-14(2)6-7-15(3)11(16)9-4-5-10(12(17)18)13-8-9/h4-5,8H,6-7H2,1-3H3,(H,17,18). The number of hydrogen-bond donors (Lipinski definition) is 1. The first-order valence-electron chi connectivity index (χ1n) is 5.51. The number of carbonyl (C=O) groups is 2. The van der Waals surface area contributed by atoms with E-state index in [1.54, 1.807) is 11.9 Å². The first kappa shape index (κ1) is 14.1. The first-order valence-corrected chi connectivity index (χ1v) is 5.51. The third kappa shape index (κ3) is 3.81. The van der Waals surface area contributed by atoms with Crippen molar-refractivity contribution in [2.75, 3.05) is 34.2 Å². The zero-order chi connectivity index (χ0) is 13.7. The van der Waals surface area contributed by atoms with Crippen molar-refractivity contribution < 1.29 is 14.7 Å². The van der Waals surface area contributed by atoms with Crippen LogP contribution in [0.15, 0.2) is 18.3 Å². The van der Waals surface area contributed by atoms with Gasteiger partial charge in [0.2, 0.25) is 0 Å². The molecule has 0 fully saturated rings. The molecule has 0 bridgehead atoms. The van der Waals surface area contributed by atoms with Gasteiger partial charge in [-0.3, -0.25) is 4.79 Å². The molecule has 1 rings (SSSR count). The molecule has 6 nitrogen and oxygen atoms in total. The molecule has 0 aliphatic rings. The Labute approximate surface area is 106 Å². The van der Waals surface area contributed by atoms with Crippen molar-refractivity contribution in [3.8, 4) is 0 Å². The molecule has 0 radical (unpaired) electrons. The van der Waals surface area contributed by atoms with Gasteiger partial charge in [-0.15, -0.1) is 0 Å². The van der Waals surface area contributed by atoms with E-state index in [2.05, 4.69) is 4.98 Å². The molecule has 0 aromatic carbocycles. The van der Waals surface area contributed by atoms with Gasteiger partial charge in [-0.25, -0.2) is 9.78 Å². The fourth-order valence-electron chi connectivity index (χ4n) is 1.32. The number of carboxylic acids is 1. The number of carbonyl (C=O) groups excluding carboxylic acids is 1. The quantitative estimate of drug-likeness (QED) is 0.820. The number of carboxylic acid groups (broad SMARTS) is 1. The summed E-state index contributed by atoms with van der Waals surface area (Å²) in [6.45, 7) is 1.37. The third-order valence-corrected chi connectivity index (χ3v) is 2.46. The van der Waals surface area contributed by atoms with Crippen molar-refractivity contribution >= 4 is 11.9 Å². The highest BCUT2D eigenvalue weighted by molar-refractivity contribution is 5.94. The van der Waals surface area contributed by atoms with Gasteiger partial charge in [0.1, 0.15) is 5.69 Å². The molecular weight excluding hydrogens is 234 g/mol. The minimum atomic E-state index is -1.10. The van der Waals surface area contributed by atoms with Crippen molar-refractivity contribution in [3.63, 3.8) is 0 Å². The van der Waals surface area contributed by atoms with Crippen molar-refractivity contribution in [2.45, 2.75) is 0 Å². The SMILES string of the molecule is CN(C)CCN(C)C(=O)c1ccc(C(=O)O)nc1. The molecular formula is C12H17N3O3. The topological polar surface area (TPSA) is 73.7 Å². The molecule has 1 heterocycles. The molecule has 0 aliphatic carbocycles. The van der Waals surface area contributed by atoms with Gasteiger partial charge in [0.25, 0.3) is 5.91 Å². The summed E-state index contributed by atoms with van der Waals surface area (Å²) >= 11 is 0. The van der Waals surface area contributed by atoms with Crippen LogP contribution in [0.5, 0.6) is 0 Å². The third-order valence-electron chi connectivity index (χ3n) is 2.46. The number of aromatic carboxylic acids is 1. The van der Waals surface area contributed by atoms with Crippen LogP contribution in [0.1, 0.15) is 20.8 Å². The molecule has 1 amide bonds. The van der Waals surface area contributed by atoms with Gasteiger partial charge in [-0.2, -0.15) is 0 Å². The fourth-order valence-corrected chi connectivity index (χ4v) is 1.32. The molecule has 0 unspecified atom stereocenters. The fraction of sp³-hybridized carbons (Fsp3) is 0.417. The molecule has 1 N–H and O–H groups in total. The van der Waals surface area contributed by atoms with Crippen LogP contribution >= 0.6 is 0 Å². The molecule has 0 atom stereocenters. The van der Waals surface area contributed by atoms with E-state index in [-0.39, 0.29) is 11.6 Å². The summed E-state index contributed by atoms with van der Waals surface area (Å²) in [5.74, 6) is -1.27. The van der Waals surface area contributed by atoms with E-state index in [1.165, 1.54) is 18.3 Å². The zero-order valence-corrected chi connectivity index (χ0v) is 10.8. The van der Waals surface area contributed by atoms with Gasteiger partial charge in [0.15, 0.2) is 0 Å². The van der Waals surface area contributed by atoms with Gasteiger partial charge in [-0.1, -0.05) is 0 Å². The molecule has 1 aromatic rings. The van der Waals surface area contributed by atoms with E-state index in [0.717, 1.165) is 6.54 Å². The lowest BCUT2D eigenvalue weighted by Crippen LogP contribution is -2.33. The number of pyridine rings is 1. The van der Waals surface area contributed by atoms with E-state index < -0.39 is 5.97 Å². The Bertz CT molecular complexity index is 429. The summed E-state index contributed by atoms with van der Waals surface area (Å²) in [4.78, 5) is 29.9. The largest absolute Gasteiger partial charge is 0.477 e. The predicted octanol–water partition coefficient (Wildman–Crippen LogP) is 0.413. The van der Waals surface area contributed by atoms with Crippen molar-refractivity contribution in [2.24, 2.45) is 0 Å². The molecule has 98 valence electrons. The maximum absolute atomic E-state index is 12.0. The number of hydrogen-bond acceptors (Lipinski definition) is 4. The van der Waals surface area contributed by atoms with Crippen LogP contribution in [0, 0.1) is 0 Å². The summed E-state index contributed by atoms with van der Waals surface area (Å²) in [5, 5.41) is 8.71. The predicted molar refractivity (Wildman–Crippen MR) is 66.7 cm³/mol. The Morgan fingerprint density at radius 1 is 1.22 bits per heavy atom. The maximum Gasteiger partial charge on any atom is 0.354 e. The highest BCUT2D eigenvalue weighted by Crippen LogP contribution is 2.04. The normalized spacial score (nSPS) is 10.4. The lowest BCUT2D eigenvalue weighted by Gasteiger charge is -2.19. The summed E-state index contributed by atoms with van der Waals surface area (Å²) in [6, 6.07) is 2.81. The van der Waals surface area contributed by atoms with Crippen LogP contribution in [0.4, 0.5) is 0 Å². The second-order valence-corrected chi connectivity index (χ2v) is 4.27. The summed E-state index contributed by atoms with van der Waals surface area (Å²) in [6.07, 6.45) is 1.29. The minimum Gasteiger partial charge on any atom is -0.477 e. The van der Waals surface area contributed by atoms with Gasteiger partial charge in [0.05, 0.1) is 5.56 Å². The molecule has 6 heteroatoms. The van der Waals surface area contributed by atoms with E-state index in [9.17, 15) is 9.59 Å². The van der Waals surface area contributed by atoms with Crippen molar-refractivity contribution in [1.82, 2.24) is 14.8 Å². The van der Waals surface area contributed by atoms with E-state index in [0.29, 0.717) is 12.1 Å². The lowest BCUT2D eigenvalue weighted by atomic mass is 10.2. The first-order chi connectivity index (χ1) is 8.41. The van der Waals surface area contributed by atoms with Gasteiger partial charge in [0, 0.05) is 26.3 Å². The number of likely N-dealkylation sites (N-methyl/N-ethyl adjacent to an activating group) is 2. The number of aromatic nitrogens is 1. The summed E-state index contributed by atoms with van der Waals surface area (Å²) in [5.41, 5.74) is 0.323. The second kappa shape index (κ2) is 6.11. The number of nitrogens with zero attached hydrogens (tertiary/aromatic N) is 3. The Morgan fingerprint density at radius 2 is 1.89 bits per heavy atom. The Morgan fingerprint density at radius 3 is 2.33 bits per heavy atom. The van der Waals surface area contributed by atoms with Gasteiger partial charge < -0.3 is 14.9 Å². The maximum atomic E-state index is 12.0. The molecule has 18 heavy (non-hydrogen) atoms.